The largest absolute Gasteiger partial charge is 0.494 e. The zero-order valence-corrected chi connectivity index (χ0v) is 23.7. The minimum absolute atomic E-state index is 0.273. The van der Waals surface area contributed by atoms with Crippen LogP contribution in [0, 0.1) is 0 Å². The lowest BCUT2D eigenvalue weighted by Gasteiger charge is -2.25. The van der Waals surface area contributed by atoms with Gasteiger partial charge in [-0.3, -0.25) is 4.79 Å². The third kappa shape index (κ3) is 7.15. The second-order valence-electron chi connectivity index (χ2n) is 10.3. The highest BCUT2D eigenvalue weighted by atomic mass is 16.5. The average molecular weight is 541 g/mol. The molecule has 2 aromatic heterocycles. The van der Waals surface area contributed by atoms with Crippen molar-refractivity contribution in [1.29, 1.82) is 0 Å². The lowest BCUT2D eigenvalue weighted by atomic mass is 9.84. The molecule has 1 amide bonds. The molecule has 0 aliphatic carbocycles. The molecule has 208 valence electrons. The van der Waals surface area contributed by atoms with Crippen LogP contribution in [-0.4, -0.2) is 43.2 Å². The zero-order chi connectivity index (χ0) is 28.5. The Morgan fingerprint density at radius 2 is 1.75 bits per heavy atom. The number of carbonyl (C=O) groups excluding carboxylic acids is 1. The summed E-state index contributed by atoms with van der Waals surface area (Å²) >= 11 is 0. The standard InChI is InChI=1S/C32H36N4O4/c1-32(2,3)26-18-24(25-12-9-15-34-31(25)40-21-22-10-7-6-8-11-22)19-27(29(26)39-5)36-30(37)23-13-14-28(35-20-23)33-16-17-38-4/h6-15,18-20H,16-17,21H2,1-5H3,(H,33,35)(H,36,37). The van der Waals surface area contributed by atoms with Gasteiger partial charge in [-0.15, -0.1) is 0 Å². The van der Waals surface area contributed by atoms with E-state index in [2.05, 4.69) is 47.4 Å². The summed E-state index contributed by atoms with van der Waals surface area (Å²) in [6.45, 7) is 7.90. The summed E-state index contributed by atoms with van der Waals surface area (Å²) in [7, 11) is 3.25. The molecule has 40 heavy (non-hydrogen) atoms. The number of benzene rings is 2. The fourth-order valence-electron chi connectivity index (χ4n) is 4.21. The molecule has 2 N–H and O–H groups in total. The Morgan fingerprint density at radius 3 is 2.42 bits per heavy atom. The third-order valence-electron chi connectivity index (χ3n) is 6.29. The number of nitrogens with one attached hydrogen (secondary N) is 2. The Hall–Kier alpha value is -4.43. The van der Waals surface area contributed by atoms with Gasteiger partial charge in [0, 0.05) is 37.2 Å². The van der Waals surface area contributed by atoms with Crippen LogP contribution in [0.4, 0.5) is 11.5 Å². The molecule has 0 saturated carbocycles. The van der Waals surface area contributed by atoms with Gasteiger partial charge < -0.3 is 24.8 Å². The number of pyridine rings is 2. The van der Waals surface area contributed by atoms with E-state index in [1.54, 1.807) is 38.7 Å². The van der Waals surface area contributed by atoms with Crippen LogP contribution in [0.5, 0.6) is 11.6 Å². The first kappa shape index (κ1) is 28.6. The van der Waals surface area contributed by atoms with Crippen molar-refractivity contribution in [2.75, 3.05) is 38.0 Å². The van der Waals surface area contributed by atoms with E-state index in [9.17, 15) is 4.79 Å². The van der Waals surface area contributed by atoms with Crippen molar-refractivity contribution < 1.29 is 19.0 Å². The molecular formula is C32H36N4O4. The summed E-state index contributed by atoms with van der Waals surface area (Å²) in [5.74, 6) is 1.49. The van der Waals surface area contributed by atoms with Gasteiger partial charge in [0.2, 0.25) is 5.88 Å². The summed E-state index contributed by atoms with van der Waals surface area (Å²) in [5, 5.41) is 6.19. The van der Waals surface area contributed by atoms with Crippen molar-refractivity contribution >= 4 is 17.4 Å². The molecule has 4 rings (SSSR count). The first-order valence-electron chi connectivity index (χ1n) is 13.1. The first-order valence-corrected chi connectivity index (χ1v) is 13.1. The van der Waals surface area contributed by atoms with Crippen molar-refractivity contribution in [3.05, 3.63) is 95.8 Å². The van der Waals surface area contributed by atoms with Gasteiger partial charge in [0.1, 0.15) is 18.2 Å². The number of amides is 1. The van der Waals surface area contributed by atoms with Crippen LogP contribution in [0.25, 0.3) is 11.1 Å². The molecule has 0 saturated heterocycles. The molecule has 0 unspecified atom stereocenters. The highest BCUT2D eigenvalue weighted by molar-refractivity contribution is 6.05. The number of nitrogens with zero attached hydrogens (tertiary/aromatic N) is 2. The van der Waals surface area contributed by atoms with E-state index in [0.29, 0.717) is 48.5 Å². The fraction of sp³-hybridized carbons (Fsp3) is 0.281. The van der Waals surface area contributed by atoms with Crippen LogP contribution in [0.15, 0.2) is 79.1 Å². The Morgan fingerprint density at radius 1 is 0.950 bits per heavy atom. The molecular weight excluding hydrogens is 504 g/mol. The predicted octanol–water partition coefficient (Wildman–Crippen LogP) is 6.34. The minimum atomic E-state index is -0.294. The number of hydrogen-bond acceptors (Lipinski definition) is 7. The molecule has 2 aromatic carbocycles. The van der Waals surface area contributed by atoms with E-state index in [-0.39, 0.29) is 11.3 Å². The number of anilines is 2. The molecule has 0 radical (unpaired) electrons. The molecule has 2 heterocycles. The first-order chi connectivity index (χ1) is 19.3. The van der Waals surface area contributed by atoms with E-state index in [0.717, 1.165) is 22.3 Å². The van der Waals surface area contributed by atoms with Gasteiger partial charge in [-0.1, -0.05) is 51.1 Å². The summed E-state index contributed by atoms with van der Waals surface area (Å²) in [6.07, 6.45) is 3.25. The number of carbonyl (C=O) groups is 1. The van der Waals surface area contributed by atoms with Gasteiger partial charge in [-0.25, -0.2) is 9.97 Å². The zero-order valence-electron chi connectivity index (χ0n) is 23.7. The van der Waals surface area contributed by atoms with Gasteiger partial charge in [-0.05, 0) is 52.9 Å². The number of methoxy groups -OCH3 is 2. The van der Waals surface area contributed by atoms with Crippen LogP contribution >= 0.6 is 0 Å². The van der Waals surface area contributed by atoms with Gasteiger partial charge in [0.05, 0.1) is 25.0 Å². The Kier molecular flexibility index (Phi) is 9.35. The van der Waals surface area contributed by atoms with Crippen molar-refractivity contribution in [2.24, 2.45) is 0 Å². The van der Waals surface area contributed by atoms with E-state index in [4.69, 9.17) is 14.2 Å². The van der Waals surface area contributed by atoms with Crippen LogP contribution in [-0.2, 0) is 16.8 Å². The Labute approximate surface area is 235 Å². The molecule has 0 aliphatic heterocycles. The maximum absolute atomic E-state index is 13.3. The smallest absolute Gasteiger partial charge is 0.257 e. The van der Waals surface area contributed by atoms with E-state index in [1.165, 1.54) is 0 Å². The van der Waals surface area contributed by atoms with Crippen LogP contribution in [0.1, 0.15) is 42.3 Å². The quantitative estimate of drug-likeness (QED) is 0.214. The van der Waals surface area contributed by atoms with Gasteiger partial charge >= 0.3 is 0 Å². The highest BCUT2D eigenvalue weighted by Gasteiger charge is 2.25. The number of hydrogen-bond donors (Lipinski definition) is 2. The lowest BCUT2D eigenvalue weighted by molar-refractivity contribution is 0.102. The number of aromatic nitrogens is 2. The van der Waals surface area contributed by atoms with Crippen molar-refractivity contribution in [1.82, 2.24) is 9.97 Å². The van der Waals surface area contributed by atoms with Crippen LogP contribution in [0.3, 0.4) is 0 Å². The normalized spacial score (nSPS) is 11.1. The van der Waals surface area contributed by atoms with Crippen molar-refractivity contribution in [3.63, 3.8) is 0 Å². The van der Waals surface area contributed by atoms with Crippen molar-refractivity contribution in [3.8, 4) is 22.8 Å². The fourth-order valence-corrected chi connectivity index (χ4v) is 4.21. The molecule has 0 atom stereocenters. The minimum Gasteiger partial charge on any atom is -0.494 e. The van der Waals surface area contributed by atoms with Crippen LogP contribution < -0.4 is 20.1 Å². The maximum atomic E-state index is 13.3. The summed E-state index contributed by atoms with van der Waals surface area (Å²) in [6, 6.07) is 21.3. The van der Waals surface area contributed by atoms with E-state index >= 15 is 0 Å². The van der Waals surface area contributed by atoms with E-state index in [1.807, 2.05) is 48.5 Å². The topological polar surface area (TPSA) is 94.6 Å². The van der Waals surface area contributed by atoms with Gasteiger partial charge in [-0.2, -0.15) is 0 Å². The second-order valence-corrected chi connectivity index (χ2v) is 10.3. The Bertz CT molecular complexity index is 1420. The molecule has 0 bridgehead atoms. The summed E-state index contributed by atoms with van der Waals surface area (Å²) in [5.41, 5.74) is 4.36. The predicted molar refractivity (Wildman–Crippen MR) is 158 cm³/mol. The molecule has 8 nitrogen and oxygen atoms in total. The summed E-state index contributed by atoms with van der Waals surface area (Å²) < 4.78 is 17.0. The van der Waals surface area contributed by atoms with E-state index < -0.39 is 0 Å². The SMILES string of the molecule is COCCNc1ccc(C(=O)Nc2cc(-c3cccnc3OCc3ccccc3)cc(C(C)(C)C)c2OC)cn1. The molecule has 4 aromatic rings. The molecule has 8 heteroatoms. The Balaban J connectivity index is 1.67. The highest BCUT2D eigenvalue weighted by Crippen LogP contribution is 2.42. The van der Waals surface area contributed by atoms with Gasteiger partial charge in [0.15, 0.2) is 0 Å². The second kappa shape index (κ2) is 13.1. The van der Waals surface area contributed by atoms with Crippen LogP contribution in [0.2, 0.25) is 0 Å². The maximum Gasteiger partial charge on any atom is 0.257 e. The molecule has 0 spiro atoms. The van der Waals surface area contributed by atoms with Gasteiger partial charge in [0.25, 0.3) is 5.91 Å². The number of ether oxygens (including phenoxy) is 3. The monoisotopic (exact) mass is 540 g/mol. The average Bonchev–Trinajstić information content (AvgIpc) is 2.96. The number of rotatable bonds is 11. The van der Waals surface area contributed by atoms with Crippen molar-refractivity contribution in [2.45, 2.75) is 32.8 Å². The third-order valence-corrected chi connectivity index (χ3v) is 6.29. The molecule has 0 aliphatic rings. The lowest BCUT2D eigenvalue weighted by Crippen LogP contribution is -2.18. The molecule has 0 fully saturated rings. The summed E-state index contributed by atoms with van der Waals surface area (Å²) in [4.78, 5) is 22.2.